The van der Waals surface area contributed by atoms with Gasteiger partial charge in [-0.25, -0.2) is 9.55 Å². The maximum atomic E-state index is 13.4. The lowest BCUT2D eigenvalue weighted by Gasteiger charge is -2.13. The number of hydrogen-bond acceptors (Lipinski definition) is 5. The van der Waals surface area contributed by atoms with Crippen LogP contribution in [0.4, 0.5) is 0 Å². The molecule has 0 fully saturated rings. The first kappa shape index (κ1) is 18.6. The molecule has 0 bridgehead atoms. The first-order chi connectivity index (χ1) is 15.2. The molecule has 0 saturated carbocycles. The molecule has 31 heavy (non-hydrogen) atoms. The Hall–Kier alpha value is -4.39. The standard InChI is InChI=1S/C24H18N4O3/c1-30-19-12-14-20(15-13-19)31-24-26-22-21(23(29)28(24)18-10-6-3-7-11-18)25-16-27(22)17-8-4-2-5-9-17/h2-16H,1H3. The van der Waals surface area contributed by atoms with E-state index < -0.39 is 0 Å². The Morgan fingerprint density at radius 3 is 2.03 bits per heavy atom. The Balaban J connectivity index is 1.72. The molecule has 3 aromatic carbocycles. The molecule has 2 aromatic heterocycles. The van der Waals surface area contributed by atoms with Gasteiger partial charge in [0.25, 0.3) is 5.56 Å². The van der Waals surface area contributed by atoms with Crippen LogP contribution in [0.15, 0.2) is 96.1 Å². The summed E-state index contributed by atoms with van der Waals surface area (Å²) in [6.07, 6.45) is 1.60. The van der Waals surface area contributed by atoms with Crippen molar-refractivity contribution in [3.63, 3.8) is 0 Å². The highest BCUT2D eigenvalue weighted by Gasteiger charge is 2.19. The molecule has 0 aliphatic heterocycles. The average molecular weight is 410 g/mol. The van der Waals surface area contributed by atoms with Crippen LogP contribution >= 0.6 is 0 Å². The van der Waals surface area contributed by atoms with Gasteiger partial charge in [-0.3, -0.25) is 9.36 Å². The number of benzene rings is 3. The summed E-state index contributed by atoms with van der Waals surface area (Å²) in [4.78, 5) is 22.5. The van der Waals surface area contributed by atoms with Crippen LogP contribution in [-0.2, 0) is 0 Å². The summed E-state index contributed by atoms with van der Waals surface area (Å²) in [6.45, 7) is 0. The van der Waals surface area contributed by atoms with E-state index >= 15 is 0 Å². The number of ether oxygens (including phenoxy) is 2. The summed E-state index contributed by atoms with van der Waals surface area (Å²) in [5.41, 5.74) is 1.86. The Bertz CT molecular complexity index is 1390. The summed E-state index contributed by atoms with van der Waals surface area (Å²) >= 11 is 0. The molecule has 0 aliphatic rings. The van der Waals surface area contributed by atoms with Gasteiger partial charge in [-0.15, -0.1) is 0 Å². The minimum absolute atomic E-state index is 0.145. The summed E-state index contributed by atoms with van der Waals surface area (Å²) in [5, 5.41) is 0. The Kier molecular flexibility index (Phi) is 4.68. The highest BCUT2D eigenvalue weighted by molar-refractivity contribution is 5.73. The first-order valence-electron chi connectivity index (χ1n) is 9.67. The molecule has 7 nitrogen and oxygen atoms in total. The largest absolute Gasteiger partial charge is 0.497 e. The van der Waals surface area contributed by atoms with Crippen LogP contribution in [0.25, 0.3) is 22.5 Å². The normalized spacial score (nSPS) is 10.9. The molecule has 2 heterocycles. The minimum Gasteiger partial charge on any atom is -0.497 e. The van der Waals surface area contributed by atoms with Crippen molar-refractivity contribution in [3.8, 4) is 28.9 Å². The fourth-order valence-corrected chi connectivity index (χ4v) is 3.33. The van der Waals surface area contributed by atoms with Crippen molar-refractivity contribution < 1.29 is 9.47 Å². The lowest BCUT2D eigenvalue weighted by Crippen LogP contribution is -2.21. The van der Waals surface area contributed by atoms with Gasteiger partial charge in [-0.05, 0) is 48.5 Å². The van der Waals surface area contributed by atoms with Crippen molar-refractivity contribution in [3.05, 3.63) is 102 Å². The fraction of sp³-hybridized carbons (Fsp3) is 0.0417. The Labute approximate surface area is 177 Å². The third-order valence-corrected chi connectivity index (χ3v) is 4.86. The van der Waals surface area contributed by atoms with Gasteiger partial charge in [0.1, 0.15) is 17.8 Å². The van der Waals surface area contributed by atoms with Gasteiger partial charge in [-0.1, -0.05) is 36.4 Å². The summed E-state index contributed by atoms with van der Waals surface area (Å²) < 4.78 is 14.5. The van der Waals surface area contributed by atoms with Gasteiger partial charge in [0.05, 0.1) is 12.8 Å². The molecule has 0 unspecified atom stereocenters. The molecule has 0 atom stereocenters. The maximum absolute atomic E-state index is 13.4. The van der Waals surface area contributed by atoms with Crippen molar-refractivity contribution in [2.45, 2.75) is 0 Å². The number of para-hydroxylation sites is 2. The number of imidazole rings is 1. The van der Waals surface area contributed by atoms with Crippen LogP contribution in [-0.4, -0.2) is 26.2 Å². The number of hydrogen-bond donors (Lipinski definition) is 0. The highest BCUT2D eigenvalue weighted by Crippen LogP contribution is 2.26. The highest BCUT2D eigenvalue weighted by atomic mass is 16.5. The van der Waals surface area contributed by atoms with Gasteiger partial charge >= 0.3 is 6.01 Å². The average Bonchev–Trinajstić information content (AvgIpc) is 3.25. The predicted octanol–water partition coefficient (Wildman–Crippen LogP) is 4.37. The molecular weight excluding hydrogens is 392 g/mol. The maximum Gasteiger partial charge on any atom is 0.311 e. The van der Waals surface area contributed by atoms with E-state index in [2.05, 4.69) is 4.98 Å². The van der Waals surface area contributed by atoms with Crippen LogP contribution in [0.2, 0.25) is 0 Å². The van der Waals surface area contributed by atoms with E-state index in [1.165, 1.54) is 4.57 Å². The van der Waals surface area contributed by atoms with Crippen LogP contribution in [0.1, 0.15) is 0 Å². The van der Waals surface area contributed by atoms with Crippen LogP contribution < -0.4 is 15.0 Å². The number of rotatable bonds is 5. The Morgan fingerprint density at radius 2 is 1.39 bits per heavy atom. The second-order valence-corrected chi connectivity index (χ2v) is 6.77. The zero-order valence-corrected chi connectivity index (χ0v) is 16.7. The lowest BCUT2D eigenvalue weighted by atomic mass is 10.3. The van der Waals surface area contributed by atoms with Crippen LogP contribution in [0.5, 0.6) is 17.5 Å². The van der Waals surface area contributed by atoms with Crippen LogP contribution in [0, 0.1) is 0 Å². The third kappa shape index (κ3) is 3.42. The van der Waals surface area contributed by atoms with Crippen LogP contribution in [0.3, 0.4) is 0 Å². The molecule has 0 spiro atoms. The van der Waals surface area contributed by atoms with Gasteiger partial charge < -0.3 is 9.47 Å². The first-order valence-corrected chi connectivity index (χ1v) is 9.67. The number of nitrogens with zero attached hydrogens (tertiary/aromatic N) is 4. The molecule has 152 valence electrons. The predicted molar refractivity (Wildman–Crippen MR) is 118 cm³/mol. The molecule has 0 saturated heterocycles. The molecule has 0 amide bonds. The van der Waals surface area contributed by atoms with E-state index in [0.717, 1.165) is 5.69 Å². The summed E-state index contributed by atoms with van der Waals surface area (Å²) in [5.74, 6) is 1.24. The number of methoxy groups -OCH3 is 1. The molecular formula is C24H18N4O3. The van der Waals surface area contributed by atoms with Crippen molar-refractivity contribution in [1.29, 1.82) is 0 Å². The van der Waals surface area contributed by atoms with E-state index in [1.807, 2.05) is 60.7 Å². The van der Waals surface area contributed by atoms with E-state index in [1.54, 1.807) is 42.3 Å². The number of fused-ring (bicyclic) bond motifs is 1. The molecule has 0 aliphatic carbocycles. The van der Waals surface area contributed by atoms with E-state index in [4.69, 9.17) is 14.5 Å². The quantitative estimate of drug-likeness (QED) is 0.430. The molecule has 0 N–H and O–H groups in total. The number of aromatic nitrogens is 4. The summed E-state index contributed by atoms with van der Waals surface area (Å²) in [7, 11) is 1.60. The zero-order chi connectivity index (χ0) is 21.2. The van der Waals surface area contributed by atoms with Gasteiger partial charge in [0.2, 0.25) is 0 Å². The second kappa shape index (κ2) is 7.79. The van der Waals surface area contributed by atoms with E-state index in [-0.39, 0.29) is 17.1 Å². The monoisotopic (exact) mass is 410 g/mol. The molecule has 7 heteroatoms. The fourth-order valence-electron chi connectivity index (χ4n) is 3.33. The van der Waals surface area contributed by atoms with Crippen molar-refractivity contribution in [1.82, 2.24) is 19.1 Å². The topological polar surface area (TPSA) is 71.2 Å². The van der Waals surface area contributed by atoms with Crippen molar-refractivity contribution >= 4 is 11.2 Å². The molecule has 0 radical (unpaired) electrons. The van der Waals surface area contributed by atoms with Gasteiger partial charge in [-0.2, -0.15) is 4.98 Å². The molecule has 5 rings (SSSR count). The smallest absolute Gasteiger partial charge is 0.311 e. The second-order valence-electron chi connectivity index (χ2n) is 6.77. The van der Waals surface area contributed by atoms with Crippen molar-refractivity contribution in [2.24, 2.45) is 0 Å². The SMILES string of the molecule is COc1ccc(Oc2nc3c(ncn3-c3ccccc3)c(=O)n2-c2ccccc2)cc1. The van der Waals surface area contributed by atoms with Crippen molar-refractivity contribution in [2.75, 3.05) is 7.11 Å². The van der Waals surface area contributed by atoms with Gasteiger partial charge in [0.15, 0.2) is 11.2 Å². The Morgan fingerprint density at radius 1 is 0.774 bits per heavy atom. The summed E-state index contributed by atoms with van der Waals surface area (Å²) in [6, 6.07) is 26.1. The lowest BCUT2D eigenvalue weighted by molar-refractivity contribution is 0.408. The third-order valence-electron chi connectivity index (χ3n) is 4.86. The van der Waals surface area contributed by atoms with E-state index in [9.17, 15) is 4.79 Å². The van der Waals surface area contributed by atoms with Gasteiger partial charge in [0, 0.05) is 5.69 Å². The van der Waals surface area contributed by atoms with E-state index in [0.29, 0.717) is 22.8 Å². The minimum atomic E-state index is -0.311. The molecule has 5 aromatic rings. The zero-order valence-electron chi connectivity index (χ0n) is 16.7.